The molecule has 1 aromatic rings. The molecule has 0 aromatic heterocycles. The van der Waals surface area contributed by atoms with E-state index in [9.17, 15) is 8.78 Å². The second-order valence-corrected chi connectivity index (χ2v) is 2.88. The Kier molecular flexibility index (Phi) is 3.33. The molecule has 0 spiro atoms. The number of benzene rings is 1. The highest BCUT2D eigenvalue weighted by molar-refractivity contribution is 5.19. The summed E-state index contributed by atoms with van der Waals surface area (Å²) in [4.78, 5) is 0. The first-order valence-corrected chi connectivity index (χ1v) is 3.94. The van der Waals surface area contributed by atoms with Crippen LogP contribution in [0.1, 0.15) is 5.56 Å². The van der Waals surface area contributed by atoms with E-state index in [0.717, 1.165) is 18.2 Å². The molecule has 0 unspecified atom stereocenters. The zero-order valence-corrected chi connectivity index (χ0v) is 7.00. The fraction of sp³-hybridized carbons (Fsp3) is 0.333. The number of halogens is 2. The Morgan fingerprint density at radius 3 is 2.69 bits per heavy atom. The van der Waals surface area contributed by atoms with E-state index in [1.165, 1.54) is 0 Å². The summed E-state index contributed by atoms with van der Waals surface area (Å²) in [6, 6.07) is 2.64. The lowest BCUT2D eigenvalue weighted by atomic mass is 10.1. The van der Waals surface area contributed by atoms with E-state index in [0.29, 0.717) is 0 Å². The second kappa shape index (κ2) is 4.30. The van der Waals surface area contributed by atoms with Gasteiger partial charge in [-0.05, 0) is 30.2 Å². The van der Waals surface area contributed by atoms with E-state index >= 15 is 0 Å². The zero-order valence-electron chi connectivity index (χ0n) is 7.00. The molecule has 0 heterocycles. The van der Waals surface area contributed by atoms with Gasteiger partial charge in [-0.3, -0.25) is 0 Å². The van der Waals surface area contributed by atoms with Crippen molar-refractivity contribution in [2.24, 2.45) is 5.73 Å². The van der Waals surface area contributed by atoms with Gasteiger partial charge in [-0.2, -0.15) is 0 Å². The topological polar surface area (TPSA) is 46.2 Å². The van der Waals surface area contributed by atoms with E-state index < -0.39 is 17.7 Å². The van der Waals surface area contributed by atoms with Gasteiger partial charge in [-0.25, -0.2) is 8.78 Å². The first-order valence-electron chi connectivity index (χ1n) is 3.94. The lowest BCUT2D eigenvalue weighted by Crippen LogP contribution is -2.27. The molecule has 0 aliphatic rings. The van der Waals surface area contributed by atoms with Gasteiger partial charge < -0.3 is 10.8 Å². The van der Waals surface area contributed by atoms with Gasteiger partial charge in [0.2, 0.25) is 0 Å². The molecule has 1 aromatic carbocycles. The molecule has 3 N–H and O–H groups in total. The molecular weight excluding hydrogens is 176 g/mol. The molecule has 1 atom stereocenters. The third-order valence-corrected chi connectivity index (χ3v) is 1.72. The predicted molar refractivity (Wildman–Crippen MR) is 45.1 cm³/mol. The van der Waals surface area contributed by atoms with Crippen LogP contribution >= 0.6 is 0 Å². The monoisotopic (exact) mass is 187 g/mol. The Bertz CT molecular complexity index is 291. The Labute approximate surface area is 75.0 Å². The summed E-state index contributed by atoms with van der Waals surface area (Å²) in [5, 5.41) is 8.62. The van der Waals surface area contributed by atoms with Crippen LogP contribution in [0.4, 0.5) is 8.78 Å². The molecule has 0 aliphatic carbocycles. The number of aliphatic hydroxyl groups excluding tert-OH is 1. The SMILES string of the molecule is N[C@H](CO)Cc1cc(F)ccc1F. The maximum atomic E-state index is 13.0. The maximum Gasteiger partial charge on any atom is 0.126 e. The van der Waals surface area contributed by atoms with Crippen molar-refractivity contribution < 1.29 is 13.9 Å². The van der Waals surface area contributed by atoms with Crippen molar-refractivity contribution in [3.63, 3.8) is 0 Å². The maximum absolute atomic E-state index is 13.0. The Morgan fingerprint density at radius 2 is 2.08 bits per heavy atom. The third kappa shape index (κ3) is 2.75. The highest BCUT2D eigenvalue weighted by Gasteiger charge is 2.08. The van der Waals surface area contributed by atoms with Crippen molar-refractivity contribution in [3.8, 4) is 0 Å². The van der Waals surface area contributed by atoms with Crippen LogP contribution in [0.2, 0.25) is 0 Å². The quantitative estimate of drug-likeness (QED) is 0.736. The van der Waals surface area contributed by atoms with Gasteiger partial charge >= 0.3 is 0 Å². The molecule has 4 heteroatoms. The lowest BCUT2D eigenvalue weighted by molar-refractivity contribution is 0.264. The van der Waals surface area contributed by atoms with E-state index in [-0.39, 0.29) is 18.6 Å². The normalized spacial score (nSPS) is 12.9. The molecule has 0 saturated carbocycles. The first-order chi connectivity index (χ1) is 6.13. The van der Waals surface area contributed by atoms with Crippen LogP contribution in [0, 0.1) is 11.6 Å². The van der Waals surface area contributed by atoms with Crippen LogP contribution in [0.25, 0.3) is 0 Å². The van der Waals surface area contributed by atoms with Gasteiger partial charge in [0.1, 0.15) is 11.6 Å². The number of hydrogen-bond donors (Lipinski definition) is 2. The van der Waals surface area contributed by atoms with Crippen LogP contribution < -0.4 is 5.73 Å². The molecular formula is C9H11F2NO. The molecule has 0 fully saturated rings. The molecule has 0 amide bonds. The largest absolute Gasteiger partial charge is 0.395 e. The summed E-state index contributed by atoms with van der Waals surface area (Å²) in [5.74, 6) is -0.994. The molecule has 0 bridgehead atoms. The molecule has 1 rings (SSSR count). The van der Waals surface area contributed by atoms with Crippen LogP contribution in [-0.2, 0) is 6.42 Å². The smallest absolute Gasteiger partial charge is 0.126 e. The van der Waals surface area contributed by atoms with E-state index in [2.05, 4.69) is 0 Å². The number of aliphatic hydroxyl groups is 1. The van der Waals surface area contributed by atoms with Crippen LogP contribution in [0.5, 0.6) is 0 Å². The van der Waals surface area contributed by atoms with Crippen molar-refractivity contribution in [2.45, 2.75) is 12.5 Å². The molecule has 2 nitrogen and oxygen atoms in total. The Hall–Kier alpha value is -1.00. The average Bonchev–Trinajstić information content (AvgIpc) is 2.11. The van der Waals surface area contributed by atoms with Gasteiger partial charge in [0.05, 0.1) is 6.61 Å². The van der Waals surface area contributed by atoms with Crippen molar-refractivity contribution >= 4 is 0 Å². The minimum Gasteiger partial charge on any atom is -0.395 e. The van der Waals surface area contributed by atoms with Crippen molar-refractivity contribution in [1.82, 2.24) is 0 Å². The van der Waals surface area contributed by atoms with Gasteiger partial charge in [-0.15, -0.1) is 0 Å². The van der Waals surface area contributed by atoms with Gasteiger partial charge in [0.25, 0.3) is 0 Å². The first kappa shape index (κ1) is 10.1. The van der Waals surface area contributed by atoms with Gasteiger partial charge in [-0.1, -0.05) is 0 Å². The molecule has 0 saturated heterocycles. The van der Waals surface area contributed by atoms with Crippen LogP contribution in [0.3, 0.4) is 0 Å². The average molecular weight is 187 g/mol. The standard InChI is InChI=1S/C9H11F2NO/c10-7-1-2-9(11)6(3-7)4-8(12)5-13/h1-3,8,13H,4-5,12H2/t8-/m0/s1. The molecule has 0 radical (unpaired) electrons. The predicted octanol–water partition coefficient (Wildman–Crippen LogP) is 0.827. The minimum absolute atomic E-state index is 0.139. The van der Waals surface area contributed by atoms with Crippen molar-refractivity contribution in [2.75, 3.05) is 6.61 Å². The lowest BCUT2D eigenvalue weighted by Gasteiger charge is -2.08. The Balaban J connectivity index is 2.81. The third-order valence-electron chi connectivity index (χ3n) is 1.72. The van der Waals surface area contributed by atoms with Gasteiger partial charge in [0, 0.05) is 6.04 Å². The summed E-state index contributed by atoms with van der Waals surface area (Å²) in [5.41, 5.74) is 5.58. The summed E-state index contributed by atoms with van der Waals surface area (Å²) in [7, 11) is 0. The summed E-state index contributed by atoms with van der Waals surface area (Å²) < 4.78 is 25.6. The highest BCUT2D eigenvalue weighted by atomic mass is 19.1. The fourth-order valence-corrected chi connectivity index (χ4v) is 1.05. The van der Waals surface area contributed by atoms with Crippen molar-refractivity contribution in [1.29, 1.82) is 0 Å². The zero-order chi connectivity index (χ0) is 9.84. The Morgan fingerprint density at radius 1 is 1.38 bits per heavy atom. The summed E-state index contributed by atoms with van der Waals surface area (Å²) in [6.45, 7) is -0.240. The van der Waals surface area contributed by atoms with E-state index in [1.54, 1.807) is 0 Å². The molecule has 72 valence electrons. The van der Waals surface area contributed by atoms with Crippen molar-refractivity contribution in [3.05, 3.63) is 35.4 Å². The highest BCUT2D eigenvalue weighted by Crippen LogP contribution is 2.11. The summed E-state index contributed by atoms with van der Waals surface area (Å²) in [6.07, 6.45) is 0.139. The number of hydrogen-bond acceptors (Lipinski definition) is 2. The molecule has 13 heavy (non-hydrogen) atoms. The van der Waals surface area contributed by atoms with Crippen LogP contribution in [-0.4, -0.2) is 17.8 Å². The molecule has 0 aliphatic heterocycles. The summed E-state index contributed by atoms with van der Waals surface area (Å²) >= 11 is 0. The second-order valence-electron chi connectivity index (χ2n) is 2.88. The van der Waals surface area contributed by atoms with E-state index in [1.807, 2.05) is 0 Å². The van der Waals surface area contributed by atoms with Gasteiger partial charge in [0.15, 0.2) is 0 Å². The van der Waals surface area contributed by atoms with Crippen LogP contribution in [0.15, 0.2) is 18.2 Å². The number of rotatable bonds is 3. The minimum atomic E-state index is -0.545. The van der Waals surface area contributed by atoms with E-state index in [4.69, 9.17) is 10.8 Å². The fourth-order valence-electron chi connectivity index (χ4n) is 1.05. The number of nitrogens with two attached hydrogens (primary N) is 1.